The molecule has 0 amide bonds. The topological polar surface area (TPSA) is 72.2 Å². The molecule has 18 heavy (non-hydrogen) atoms. The Labute approximate surface area is 99.3 Å². The highest BCUT2D eigenvalue weighted by molar-refractivity contribution is 5.90. The summed E-state index contributed by atoms with van der Waals surface area (Å²) in [6.45, 7) is 1.87. The zero-order valence-corrected chi connectivity index (χ0v) is 9.28. The van der Waals surface area contributed by atoms with E-state index in [-0.39, 0.29) is 17.4 Å². The van der Waals surface area contributed by atoms with Gasteiger partial charge >= 0.3 is 5.97 Å². The van der Waals surface area contributed by atoms with Gasteiger partial charge in [-0.05, 0) is 13.0 Å². The third-order valence-corrected chi connectivity index (χ3v) is 2.50. The summed E-state index contributed by atoms with van der Waals surface area (Å²) in [5.41, 5.74) is -1.58. The molecule has 94 valence electrons. The van der Waals surface area contributed by atoms with Gasteiger partial charge in [-0.3, -0.25) is 9.48 Å². The summed E-state index contributed by atoms with van der Waals surface area (Å²) < 4.78 is 27.4. The summed E-state index contributed by atoms with van der Waals surface area (Å²) in [7, 11) is 0. The molecule has 0 aliphatic heterocycles. The fraction of sp³-hybridized carbons (Fsp3) is 0.182. The third kappa shape index (κ3) is 1.73. The third-order valence-electron chi connectivity index (χ3n) is 2.50. The van der Waals surface area contributed by atoms with Crippen LogP contribution in [0.25, 0.3) is 10.9 Å². The average molecular weight is 254 g/mol. The van der Waals surface area contributed by atoms with Gasteiger partial charge in [0.15, 0.2) is 11.6 Å². The van der Waals surface area contributed by atoms with Crippen LogP contribution in [0.3, 0.4) is 0 Å². The van der Waals surface area contributed by atoms with Gasteiger partial charge in [-0.15, -0.1) is 0 Å². The summed E-state index contributed by atoms with van der Waals surface area (Å²) >= 11 is 0. The number of hydrogen-bond donors (Lipinski definition) is 1. The van der Waals surface area contributed by atoms with Crippen molar-refractivity contribution in [1.29, 1.82) is 0 Å². The van der Waals surface area contributed by atoms with E-state index in [0.717, 1.165) is 10.7 Å². The molecule has 0 saturated carbocycles. The predicted octanol–water partition coefficient (Wildman–Crippen LogP) is 1.39. The molecule has 0 saturated heterocycles. The van der Waals surface area contributed by atoms with Crippen molar-refractivity contribution in [1.82, 2.24) is 9.78 Å². The van der Waals surface area contributed by atoms with Crippen LogP contribution in [0.2, 0.25) is 0 Å². The number of benzene rings is 1. The number of carboxylic acid groups (broad SMARTS) is 1. The lowest BCUT2D eigenvalue weighted by molar-refractivity contribution is 0.0686. The highest BCUT2D eigenvalue weighted by atomic mass is 19.2. The number of halogens is 2. The Morgan fingerprint density at radius 2 is 2.00 bits per heavy atom. The first kappa shape index (κ1) is 12.2. The molecule has 1 heterocycles. The SMILES string of the molecule is CCn1nc(C(=O)O)c(=O)c2cc(F)c(F)cc21. The number of carbonyl (C=O) groups is 1. The van der Waals surface area contributed by atoms with Crippen LogP contribution in [-0.2, 0) is 6.54 Å². The Kier molecular flexibility index (Phi) is 2.82. The number of carboxylic acids is 1. The summed E-state index contributed by atoms with van der Waals surface area (Å²) in [4.78, 5) is 22.6. The number of fused-ring (bicyclic) bond motifs is 1. The number of aryl methyl sites for hydroxylation is 1. The van der Waals surface area contributed by atoms with Crippen molar-refractivity contribution in [3.8, 4) is 0 Å². The molecule has 0 aliphatic rings. The normalized spacial score (nSPS) is 10.8. The fourth-order valence-corrected chi connectivity index (χ4v) is 1.66. The monoisotopic (exact) mass is 254 g/mol. The summed E-state index contributed by atoms with van der Waals surface area (Å²) in [6.07, 6.45) is 0. The zero-order chi connectivity index (χ0) is 13.4. The first-order valence-electron chi connectivity index (χ1n) is 5.09. The van der Waals surface area contributed by atoms with Crippen molar-refractivity contribution in [2.24, 2.45) is 0 Å². The van der Waals surface area contributed by atoms with E-state index in [1.165, 1.54) is 0 Å². The number of aromatic nitrogens is 2. The molecule has 5 nitrogen and oxygen atoms in total. The van der Waals surface area contributed by atoms with Gasteiger partial charge in [0.1, 0.15) is 0 Å². The highest BCUT2D eigenvalue weighted by Crippen LogP contribution is 2.15. The van der Waals surface area contributed by atoms with Gasteiger partial charge in [0.05, 0.1) is 10.9 Å². The Hall–Kier alpha value is -2.31. The molecule has 0 aliphatic carbocycles. The van der Waals surface area contributed by atoms with E-state index < -0.39 is 28.7 Å². The molecule has 1 aromatic heterocycles. The van der Waals surface area contributed by atoms with E-state index in [0.29, 0.717) is 6.07 Å². The molecule has 1 N–H and O–H groups in total. The quantitative estimate of drug-likeness (QED) is 0.879. The van der Waals surface area contributed by atoms with Crippen LogP contribution in [0.1, 0.15) is 17.4 Å². The molecule has 0 spiro atoms. The van der Waals surface area contributed by atoms with Gasteiger partial charge in [0, 0.05) is 12.6 Å². The maximum absolute atomic E-state index is 13.1. The molecule has 2 rings (SSSR count). The van der Waals surface area contributed by atoms with E-state index in [4.69, 9.17) is 5.11 Å². The molecule has 0 radical (unpaired) electrons. The van der Waals surface area contributed by atoms with Crippen LogP contribution in [-0.4, -0.2) is 20.9 Å². The van der Waals surface area contributed by atoms with E-state index in [2.05, 4.69) is 5.10 Å². The molecular weight excluding hydrogens is 246 g/mol. The van der Waals surface area contributed by atoms with Crippen LogP contribution in [0.4, 0.5) is 8.78 Å². The zero-order valence-electron chi connectivity index (χ0n) is 9.28. The Morgan fingerprint density at radius 1 is 1.39 bits per heavy atom. The van der Waals surface area contributed by atoms with Gasteiger partial charge in [0.2, 0.25) is 11.1 Å². The molecular formula is C11H8F2N2O3. The van der Waals surface area contributed by atoms with Crippen molar-refractivity contribution in [2.45, 2.75) is 13.5 Å². The van der Waals surface area contributed by atoms with Gasteiger partial charge in [-0.2, -0.15) is 5.10 Å². The summed E-state index contributed by atoms with van der Waals surface area (Å²) in [5.74, 6) is -3.83. The van der Waals surface area contributed by atoms with Crippen molar-refractivity contribution in [3.63, 3.8) is 0 Å². The molecule has 0 bridgehead atoms. The lowest BCUT2D eigenvalue weighted by Crippen LogP contribution is -2.23. The first-order valence-corrected chi connectivity index (χ1v) is 5.09. The molecule has 7 heteroatoms. The molecule has 0 atom stereocenters. The fourth-order valence-electron chi connectivity index (χ4n) is 1.66. The maximum atomic E-state index is 13.1. The summed E-state index contributed by atoms with van der Waals surface area (Å²) in [5, 5.41) is 12.2. The second kappa shape index (κ2) is 4.17. The van der Waals surface area contributed by atoms with E-state index in [1.807, 2.05) is 0 Å². The molecule has 2 aromatic rings. The van der Waals surface area contributed by atoms with Crippen molar-refractivity contribution < 1.29 is 18.7 Å². The summed E-state index contributed by atoms with van der Waals surface area (Å²) in [6, 6.07) is 1.52. The highest BCUT2D eigenvalue weighted by Gasteiger charge is 2.18. The van der Waals surface area contributed by atoms with E-state index in [9.17, 15) is 18.4 Å². The van der Waals surface area contributed by atoms with E-state index in [1.54, 1.807) is 6.92 Å². The van der Waals surface area contributed by atoms with Crippen molar-refractivity contribution in [3.05, 3.63) is 39.7 Å². The Balaban J connectivity index is 2.99. The van der Waals surface area contributed by atoms with Gasteiger partial charge in [-0.25, -0.2) is 13.6 Å². The number of aromatic carboxylic acids is 1. The van der Waals surface area contributed by atoms with Crippen molar-refractivity contribution >= 4 is 16.9 Å². The Bertz CT molecular complexity index is 709. The first-order chi connectivity index (χ1) is 8.45. The maximum Gasteiger partial charge on any atom is 0.360 e. The van der Waals surface area contributed by atoms with Gasteiger partial charge in [0.25, 0.3) is 0 Å². The average Bonchev–Trinajstić information content (AvgIpc) is 2.32. The van der Waals surface area contributed by atoms with Gasteiger partial charge in [-0.1, -0.05) is 0 Å². The minimum absolute atomic E-state index is 0.0615. The lowest BCUT2D eigenvalue weighted by atomic mass is 10.2. The minimum Gasteiger partial charge on any atom is -0.476 e. The molecule has 1 aromatic carbocycles. The second-order valence-corrected chi connectivity index (χ2v) is 3.58. The minimum atomic E-state index is -1.51. The van der Waals surface area contributed by atoms with Crippen molar-refractivity contribution in [2.75, 3.05) is 0 Å². The number of nitrogens with zero attached hydrogens (tertiary/aromatic N) is 2. The molecule has 0 fully saturated rings. The van der Waals surface area contributed by atoms with Crippen LogP contribution in [0.5, 0.6) is 0 Å². The smallest absolute Gasteiger partial charge is 0.360 e. The lowest BCUT2D eigenvalue weighted by Gasteiger charge is -2.08. The molecule has 0 unspecified atom stereocenters. The largest absolute Gasteiger partial charge is 0.476 e. The second-order valence-electron chi connectivity index (χ2n) is 3.58. The van der Waals surface area contributed by atoms with Crippen LogP contribution in [0.15, 0.2) is 16.9 Å². The van der Waals surface area contributed by atoms with Crippen LogP contribution >= 0.6 is 0 Å². The van der Waals surface area contributed by atoms with Crippen LogP contribution < -0.4 is 5.43 Å². The predicted molar refractivity (Wildman–Crippen MR) is 58.6 cm³/mol. The van der Waals surface area contributed by atoms with Crippen LogP contribution in [0, 0.1) is 11.6 Å². The Morgan fingerprint density at radius 3 is 2.56 bits per heavy atom. The van der Waals surface area contributed by atoms with Gasteiger partial charge < -0.3 is 5.11 Å². The number of hydrogen-bond acceptors (Lipinski definition) is 3. The van der Waals surface area contributed by atoms with E-state index >= 15 is 0 Å². The standard InChI is InChI=1S/C11H8F2N2O3/c1-2-15-8-4-7(13)6(12)3-5(8)10(16)9(14-15)11(17)18/h3-4H,2H2,1H3,(H,17,18). The number of rotatable bonds is 2.